The van der Waals surface area contributed by atoms with Gasteiger partial charge in [0.25, 0.3) is 0 Å². The smallest absolute Gasteiger partial charge is 0.227 e. The van der Waals surface area contributed by atoms with Crippen LogP contribution in [0, 0.1) is 0 Å². The number of carbonyl (C=O) groups excluding carboxylic acids is 1. The van der Waals surface area contributed by atoms with Gasteiger partial charge in [-0.1, -0.05) is 28.1 Å². The maximum absolute atomic E-state index is 11.9. The molecule has 0 saturated heterocycles. The lowest BCUT2D eigenvalue weighted by atomic mass is 9.99. The molecule has 15 heavy (non-hydrogen) atoms. The van der Waals surface area contributed by atoms with Crippen LogP contribution in [0.15, 0.2) is 22.7 Å². The SMILES string of the molecule is O=C1Cc2cccc(Br)c2CN1C1CC1. The Kier molecular flexibility index (Phi) is 2.09. The summed E-state index contributed by atoms with van der Waals surface area (Å²) in [7, 11) is 0. The minimum Gasteiger partial charge on any atom is -0.335 e. The van der Waals surface area contributed by atoms with Crippen molar-refractivity contribution in [2.75, 3.05) is 0 Å². The average molecular weight is 266 g/mol. The Labute approximate surface area is 97.4 Å². The van der Waals surface area contributed by atoms with Gasteiger partial charge in [0, 0.05) is 17.1 Å². The van der Waals surface area contributed by atoms with Gasteiger partial charge in [0.05, 0.1) is 6.42 Å². The minimum atomic E-state index is 0.295. The molecular formula is C12H12BrNO. The zero-order valence-electron chi connectivity index (χ0n) is 8.37. The predicted molar refractivity (Wildman–Crippen MR) is 61.4 cm³/mol. The summed E-state index contributed by atoms with van der Waals surface area (Å²) in [6, 6.07) is 6.64. The predicted octanol–water partition coefficient (Wildman–Crippen LogP) is 2.50. The Hall–Kier alpha value is -0.830. The van der Waals surface area contributed by atoms with Crippen LogP contribution in [0.2, 0.25) is 0 Å². The summed E-state index contributed by atoms with van der Waals surface area (Å²) in [5.41, 5.74) is 2.48. The van der Waals surface area contributed by atoms with E-state index in [4.69, 9.17) is 0 Å². The van der Waals surface area contributed by atoms with Crippen molar-refractivity contribution in [3.05, 3.63) is 33.8 Å². The number of rotatable bonds is 1. The van der Waals surface area contributed by atoms with Crippen LogP contribution in [0.25, 0.3) is 0 Å². The molecule has 0 N–H and O–H groups in total. The molecule has 0 radical (unpaired) electrons. The summed E-state index contributed by atoms with van der Waals surface area (Å²) in [5, 5.41) is 0. The molecule has 1 heterocycles. The first-order chi connectivity index (χ1) is 7.25. The molecule has 1 aromatic rings. The number of halogens is 1. The van der Waals surface area contributed by atoms with Crippen molar-refractivity contribution in [3.8, 4) is 0 Å². The Morgan fingerprint density at radius 2 is 2.13 bits per heavy atom. The molecule has 1 aliphatic carbocycles. The van der Waals surface area contributed by atoms with Gasteiger partial charge >= 0.3 is 0 Å². The molecule has 0 bridgehead atoms. The largest absolute Gasteiger partial charge is 0.335 e. The van der Waals surface area contributed by atoms with Gasteiger partial charge in [-0.05, 0) is 30.0 Å². The third-order valence-electron chi connectivity index (χ3n) is 3.19. The van der Waals surface area contributed by atoms with Gasteiger partial charge in [0.1, 0.15) is 0 Å². The van der Waals surface area contributed by atoms with Crippen LogP contribution in [0.4, 0.5) is 0 Å². The standard InChI is InChI=1S/C12H12BrNO/c13-11-3-1-2-8-6-12(15)14(7-10(8)11)9-4-5-9/h1-3,9H,4-7H2. The molecule has 1 fully saturated rings. The molecule has 1 aromatic carbocycles. The van der Waals surface area contributed by atoms with E-state index in [2.05, 4.69) is 28.1 Å². The summed E-state index contributed by atoms with van der Waals surface area (Å²) in [4.78, 5) is 13.9. The zero-order chi connectivity index (χ0) is 10.4. The summed E-state index contributed by atoms with van der Waals surface area (Å²) >= 11 is 3.56. The van der Waals surface area contributed by atoms with Gasteiger partial charge in [-0.25, -0.2) is 0 Å². The van der Waals surface area contributed by atoms with Crippen LogP contribution >= 0.6 is 15.9 Å². The number of hydrogen-bond donors (Lipinski definition) is 0. The Balaban J connectivity index is 1.99. The number of hydrogen-bond acceptors (Lipinski definition) is 1. The van der Waals surface area contributed by atoms with E-state index in [1.807, 2.05) is 11.0 Å². The number of benzene rings is 1. The van der Waals surface area contributed by atoms with Crippen LogP contribution in [0.3, 0.4) is 0 Å². The molecule has 2 aliphatic rings. The fourth-order valence-electron chi connectivity index (χ4n) is 2.19. The molecule has 2 nitrogen and oxygen atoms in total. The minimum absolute atomic E-state index is 0.295. The molecule has 0 spiro atoms. The van der Waals surface area contributed by atoms with Crippen LogP contribution in [0.1, 0.15) is 24.0 Å². The second-order valence-electron chi connectivity index (χ2n) is 4.31. The van der Waals surface area contributed by atoms with E-state index in [1.54, 1.807) is 0 Å². The van der Waals surface area contributed by atoms with Crippen molar-refractivity contribution >= 4 is 21.8 Å². The third kappa shape index (κ3) is 1.59. The number of nitrogens with zero attached hydrogens (tertiary/aromatic N) is 1. The number of fused-ring (bicyclic) bond motifs is 1. The molecule has 1 saturated carbocycles. The highest BCUT2D eigenvalue weighted by Crippen LogP contribution is 2.34. The molecule has 1 aliphatic heterocycles. The lowest BCUT2D eigenvalue weighted by Gasteiger charge is -2.29. The van der Waals surface area contributed by atoms with Crippen LogP contribution < -0.4 is 0 Å². The molecule has 3 heteroatoms. The van der Waals surface area contributed by atoms with E-state index in [1.165, 1.54) is 24.0 Å². The summed E-state index contributed by atoms with van der Waals surface area (Å²) < 4.78 is 1.14. The van der Waals surface area contributed by atoms with Gasteiger partial charge in [-0.2, -0.15) is 0 Å². The van der Waals surface area contributed by atoms with Crippen molar-refractivity contribution in [1.82, 2.24) is 4.90 Å². The van der Waals surface area contributed by atoms with E-state index >= 15 is 0 Å². The van der Waals surface area contributed by atoms with Gasteiger partial charge in [-0.15, -0.1) is 0 Å². The molecule has 3 rings (SSSR count). The molecule has 1 amide bonds. The van der Waals surface area contributed by atoms with Crippen molar-refractivity contribution in [1.29, 1.82) is 0 Å². The third-order valence-corrected chi connectivity index (χ3v) is 3.94. The van der Waals surface area contributed by atoms with Crippen molar-refractivity contribution in [2.24, 2.45) is 0 Å². The van der Waals surface area contributed by atoms with E-state index in [0.29, 0.717) is 18.4 Å². The first kappa shape index (κ1) is 9.40. The van der Waals surface area contributed by atoms with Crippen molar-refractivity contribution < 1.29 is 4.79 Å². The topological polar surface area (TPSA) is 20.3 Å². The van der Waals surface area contributed by atoms with Gasteiger partial charge in [0.2, 0.25) is 5.91 Å². The normalized spacial score (nSPS) is 20.3. The van der Waals surface area contributed by atoms with Crippen molar-refractivity contribution in [3.63, 3.8) is 0 Å². The first-order valence-electron chi connectivity index (χ1n) is 5.31. The average Bonchev–Trinajstić information content (AvgIpc) is 3.01. The summed E-state index contributed by atoms with van der Waals surface area (Å²) in [5.74, 6) is 0.295. The van der Waals surface area contributed by atoms with Crippen LogP contribution in [0.5, 0.6) is 0 Å². The molecular weight excluding hydrogens is 254 g/mol. The van der Waals surface area contributed by atoms with Crippen molar-refractivity contribution in [2.45, 2.75) is 31.8 Å². The summed E-state index contributed by atoms with van der Waals surface area (Å²) in [6.45, 7) is 0.792. The Morgan fingerprint density at radius 3 is 2.87 bits per heavy atom. The number of carbonyl (C=O) groups is 1. The van der Waals surface area contributed by atoms with E-state index in [-0.39, 0.29) is 0 Å². The van der Waals surface area contributed by atoms with E-state index < -0.39 is 0 Å². The molecule has 0 atom stereocenters. The maximum atomic E-state index is 11.9. The summed E-state index contributed by atoms with van der Waals surface area (Å²) in [6.07, 6.45) is 2.95. The lowest BCUT2D eigenvalue weighted by molar-refractivity contribution is -0.132. The fourth-order valence-corrected chi connectivity index (χ4v) is 2.72. The molecule has 0 unspecified atom stereocenters. The Morgan fingerprint density at radius 1 is 1.33 bits per heavy atom. The van der Waals surface area contributed by atoms with E-state index in [9.17, 15) is 4.79 Å². The van der Waals surface area contributed by atoms with Crippen LogP contribution in [-0.4, -0.2) is 16.8 Å². The monoisotopic (exact) mass is 265 g/mol. The lowest BCUT2D eigenvalue weighted by Crippen LogP contribution is -2.37. The fraction of sp³-hybridized carbons (Fsp3) is 0.417. The highest BCUT2D eigenvalue weighted by Gasteiger charge is 2.35. The maximum Gasteiger partial charge on any atom is 0.227 e. The molecule has 78 valence electrons. The highest BCUT2D eigenvalue weighted by molar-refractivity contribution is 9.10. The number of amides is 1. The first-order valence-corrected chi connectivity index (χ1v) is 6.11. The van der Waals surface area contributed by atoms with Gasteiger partial charge in [0.15, 0.2) is 0 Å². The van der Waals surface area contributed by atoms with E-state index in [0.717, 1.165) is 11.0 Å². The highest BCUT2D eigenvalue weighted by atomic mass is 79.9. The Bertz CT molecular complexity index is 426. The van der Waals surface area contributed by atoms with Crippen LogP contribution in [-0.2, 0) is 17.8 Å². The zero-order valence-corrected chi connectivity index (χ0v) is 9.96. The molecule has 0 aromatic heterocycles. The second-order valence-corrected chi connectivity index (χ2v) is 5.16. The quantitative estimate of drug-likeness (QED) is 0.764. The van der Waals surface area contributed by atoms with Gasteiger partial charge in [-0.3, -0.25) is 4.79 Å². The van der Waals surface area contributed by atoms with Gasteiger partial charge < -0.3 is 4.90 Å². The second kappa shape index (κ2) is 3.34.